The molecule has 1 aliphatic rings. The number of carbonyl (C=O) groups excluding carboxylic acids is 1. The fourth-order valence-electron chi connectivity index (χ4n) is 5.22. The highest BCUT2D eigenvalue weighted by Gasteiger charge is 2.25. The number of primary amides is 1. The Morgan fingerprint density at radius 1 is 0.915 bits per heavy atom. The number of nitrogens with zero attached hydrogens (tertiary/aromatic N) is 1. The van der Waals surface area contributed by atoms with Crippen LogP contribution in [0.2, 0.25) is 0 Å². The molecule has 11 nitrogen and oxygen atoms in total. The van der Waals surface area contributed by atoms with Crippen LogP contribution in [-0.4, -0.2) is 46.4 Å². The quantitative estimate of drug-likeness (QED) is 0.144. The molecule has 0 bridgehead atoms. The van der Waals surface area contributed by atoms with Crippen molar-refractivity contribution in [2.45, 2.75) is 38.3 Å². The molecule has 4 aromatic carbocycles. The number of nitrogens with two attached hydrogens (primary N) is 1. The van der Waals surface area contributed by atoms with E-state index in [-0.39, 0.29) is 24.2 Å². The van der Waals surface area contributed by atoms with E-state index in [9.17, 15) is 13.2 Å². The predicted octanol–water partition coefficient (Wildman–Crippen LogP) is 4.64. The Balaban J connectivity index is 1.30. The van der Waals surface area contributed by atoms with Gasteiger partial charge in [-0.25, -0.2) is 13.1 Å². The van der Waals surface area contributed by atoms with Crippen LogP contribution in [0, 0.1) is 6.92 Å². The summed E-state index contributed by atoms with van der Waals surface area (Å²) in [7, 11) is -3.83. The largest absolute Gasteiger partial charge is 0.490 e. The maximum atomic E-state index is 13.5. The van der Waals surface area contributed by atoms with E-state index in [1.54, 1.807) is 31.2 Å². The van der Waals surface area contributed by atoms with Crippen LogP contribution in [0.4, 0.5) is 5.69 Å². The minimum atomic E-state index is -3.83. The topological polar surface area (TPSA) is 153 Å². The molecule has 12 heteroatoms. The van der Waals surface area contributed by atoms with Crippen LogP contribution in [0.3, 0.4) is 0 Å². The van der Waals surface area contributed by atoms with Crippen molar-refractivity contribution in [1.29, 1.82) is 0 Å². The summed E-state index contributed by atoms with van der Waals surface area (Å²) >= 11 is 0. The van der Waals surface area contributed by atoms with Gasteiger partial charge in [0.2, 0.25) is 10.0 Å². The highest BCUT2D eigenvalue weighted by atomic mass is 32.2. The van der Waals surface area contributed by atoms with E-state index in [2.05, 4.69) is 20.6 Å². The molecule has 246 valence electrons. The summed E-state index contributed by atoms with van der Waals surface area (Å²) in [5, 5.41) is 8.09. The molecule has 5 rings (SSSR count). The second-order valence-electron chi connectivity index (χ2n) is 10.8. The number of rotatable bonds is 15. The highest BCUT2D eigenvalue weighted by molar-refractivity contribution is 7.89. The molecule has 0 unspecified atom stereocenters. The molecule has 0 fully saturated rings. The summed E-state index contributed by atoms with van der Waals surface area (Å²) in [5.41, 5.74) is 13.8. The first-order valence-corrected chi connectivity index (χ1v) is 16.9. The molecule has 0 saturated carbocycles. The zero-order valence-electron chi connectivity index (χ0n) is 26.6. The van der Waals surface area contributed by atoms with E-state index in [0.29, 0.717) is 53.7 Å². The Bertz CT molecular complexity index is 1860. The summed E-state index contributed by atoms with van der Waals surface area (Å²) in [6, 6.07) is 25.9. The second kappa shape index (κ2) is 15.0. The molecule has 0 radical (unpaired) electrons. The van der Waals surface area contributed by atoms with Crippen molar-refractivity contribution in [3.63, 3.8) is 0 Å². The molecule has 4 aromatic rings. The zero-order valence-corrected chi connectivity index (χ0v) is 27.4. The summed E-state index contributed by atoms with van der Waals surface area (Å²) in [6.07, 6.45) is 0.125. The number of benzene rings is 4. The first kappa shape index (κ1) is 33.3. The maximum Gasteiger partial charge on any atom is 0.255 e. The lowest BCUT2D eigenvalue weighted by Gasteiger charge is -2.28. The molecule has 1 atom stereocenters. The third-order valence-corrected chi connectivity index (χ3v) is 9.05. The summed E-state index contributed by atoms with van der Waals surface area (Å²) in [5.74, 6) is 1.29. The molecule has 1 heterocycles. The number of aryl methyl sites for hydroxylation is 1. The minimum Gasteiger partial charge on any atom is -0.490 e. The van der Waals surface area contributed by atoms with Gasteiger partial charge in [0.1, 0.15) is 11.9 Å². The van der Waals surface area contributed by atoms with Crippen molar-refractivity contribution in [3.05, 3.63) is 113 Å². The molecule has 5 N–H and O–H groups in total. The Hall–Kier alpha value is -5.07. The normalized spacial score (nSPS) is 13.9. The summed E-state index contributed by atoms with van der Waals surface area (Å²) in [6.45, 7) is 6.63. The average Bonchev–Trinajstić information content (AvgIpc) is 3.06. The lowest BCUT2D eigenvalue weighted by atomic mass is 9.94. The number of hydrazone groups is 1. The van der Waals surface area contributed by atoms with Crippen molar-refractivity contribution in [2.24, 2.45) is 10.8 Å². The number of nitrogens with one attached hydrogen (secondary N) is 3. The molecular weight excluding hydrogens is 618 g/mol. The van der Waals surface area contributed by atoms with Crippen LogP contribution < -0.4 is 35.4 Å². The maximum absolute atomic E-state index is 13.5. The monoisotopic (exact) mass is 657 g/mol. The molecular formula is C35H39N5O6S. The Kier molecular flexibility index (Phi) is 10.6. The first-order valence-electron chi connectivity index (χ1n) is 15.4. The third-order valence-electron chi connectivity index (χ3n) is 7.44. The van der Waals surface area contributed by atoms with Crippen molar-refractivity contribution in [3.8, 4) is 17.2 Å². The van der Waals surface area contributed by atoms with Crippen molar-refractivity contribution in [1.82, 2.24) is 10.1 Å². The number of carbonyl (C=O) groups is 1. The van der Waals surface area contributed by atoms with Gasteiger partial charge in [0, 0.05) is 28.9 Å². The van der Waals surface area contributed by atoms with Crippen molar-refractivity contribution in [2.75, 3.05) is 31.7 Å². The molecule has 0 aliphatic carbocycles. The highest BCUT2D eigenvalue weighted by Crippen LogP contribution is 2.30. The standard InChI is InChI=1S/C35H39N5O6S/c1-4-44-30-17-11-24(20-31(30)45-5-2)18-19-37-47(42,43)32-21-25(12-10-23(32)3)34-28-8-6-7-9-29(28)35(40-39-34)38-26-13-15-27(16-14-26)46-22-33(36)41/h6-17,20-21,35,37-38,40H,4-5,18-19,22H2,1-3H3,(H2,36,41)/t35-/m0/s1. The van der Waals surface area contributed by atoms with Gasteiger partial charge in [-0.2, -0.15) is 5.10 Å². The van der Waals surface area contributed by atoms with Crippen LogP contribution >= 0.6 is 0 Å². The van der Waals surface area contributed by atoms with Gasteiger partial charge in [-0.15, -0.1) is 0 Å². The van der Waals surface area contributed by atoms with Crippen molar-refractivity contribution >= 4 is 27.3 Å². The molecule has 0 aromatic heterocycles. The van der Waals surface area contributed by atoms with Crippen LogP contribution in [0.5, 0.6) is 17.2 Å². The summed E-state index contributed by atoms with van der Waals surface area (Å²) < 4.78 is 46.5. The van der Waals surface area contributed by atoms with Crippen LogP contribution in [0.25, 0.3) is 0 Å². The van der Waals surface area contributed by atoms with Crippen LogP contribution in [-0.2, 0) is 21.2 Å². The number of amides is 1. The molecule has 0 saturated heterocycles. The van der Waals surface area contributed by atoms with Gasteiger partial charge in [0.05, 0.1) is 23.8 Å². The van der Waals surface area contributed by atoms with Gasteiger partial charge in [0.15, 0.2) is 18.1 Å². The number of sulfonamides is 1. The first-order chi connectivity index (χ1) is 22.7. The number of hydrogen-bond acceptors (Lipinski definition) is 9. The van der Waals surface area contributed by atoms with E-state index < -0.39 is 15.9 Å². The van der Waals surface area contributed by atoms with Gasteiger partial charge in [-0.05, 0) is 80.8 Å². The van der Waals surface area contributed by atoms with E-state index in [0.717, 1.165) is 22.4 Å². The number of hydrogen-bond donors (Lipinski definition) is 4. The predicted molar refractivity (Wildman–Crippen MR) is 182 cm³/mol. The fraction of sp³-hybridized carbons (Fsp3) is 0.257. The minimum absolute atomic E-state index is 0.191. The zero-order chi connectivity index (χ0) is 33.4. The van der Waals surface area contributed by atoms with E-state index in [1.807, 2.05) is 74.5 Å². The van der Waals surface area contributed by atoms with Gasteiger partial charge < -0.3 is 25.3 Å². The molecule has 1 aliphatic heterocycles. The van der Waals surface area contributed by atoms with E-state index in [4.69, 9.17) is 19.9 Å². The van der Waals surface area contributed by atoms with E-state index in [1.165, 1.54) is 0 Å². The molecule has 1 amide bonds. The third kappa shape index (κ3) is 8.21. The SMILES string of the molecule is CCOc1ccc(CCNS(=O)(=O)c2cc(C3=NN[C@H](Nc4ccc(OCC(N)=O)cc4)c4ccccc43)ccc2C)cc1OCC. The van der Waals surface area contributed by atoms with Crippen molar-refractivity contribution < 1.29 is 27.4 Å². The Morgan fingerprint density at radius 3 is 2.40 bits per heavy atom. The van der Waals surface area contributed by atoms with Gasteiger partial charge >= 0.3 is 0 Å². The van der Waals surface area contributed by atoms with Gasteiger partial charge in [0.25, 0.3) is 5.91 Å². The van der Waals surface area contributed by atoms with Crippen LogP contribution in [0.15, 0.2) is 94.9 Å². The Morgan fingerprint density at radius 2 is 1.66 bits per heavy atom. The second-order valence-corrected chi connectivity index (χ2v) is 12.5. The van der Waals surface area contributed by atoms with Gasteiger partial charge in [-0.1, -0.05) is 42.5 Å². The number of ether oxygens (including phenoxy) is 3. The lowest BCUT2D eigenvalue weighted by Crippen LogP contribution is -2.32. The average molecular weight is 658 g/mol. The van der Waals surface area contributed by atoms with Gasteiger partial charge in [-0.3, -0.25) is 10.2 Å². The smallest absolute Gasteiger partial charge is 0.255 e. The van der Waals surface area contributed by atoms with Crippen LogP contribution in [0.1, 0.15) is 47.8 Å². The number of anilines is 1. The fourth-order valence-corrected chi connectivity index (χ4v) is 6.52. The lowest BCUT2D eigenvalue weighted by molar-refractivity contribution is -0.119. The number of fused-ring (bicyclic) bond motifs is 1. The summed E-state index contributed by atoms with van der Waals surface area (Å²) in [4.78, 5) is 11.2. The van der Waals surface area contributed by atoms with E-state index >= 15 is 0 Å². The Labute approximate surface area is 275 Å². The molecule has 0 spiro atoms. The molecule has 47 heavy (non-hydrogen) atoms.